The summed E-state index contributed by atoms with van der Waals surface area (Å²) in [5, 5.41) is 2.57. The fraction of sp³-hybridized carbons (Fsp3) is 0.0588. The van der Waals surface area contributed by atoms with Gasteiger partial charge in [-0.2, -0.15) is 0 Å². The maximum Gasteiger partial charge on any atom is -0.00670 e. The van der Waals surface area contributed by atoms with E-state index >= 15 is 0 Å². The van der Waals surface area contributed by atoms with Crippen LogP contribution in [0.3, 0.4) is 0 Å². The lowest BCUT2D eigenvalue weighted by atomic mass is 9.97. The standard InChI is InChI=1S/C17H13/c1-13-6-4-9-15(12-13)17-11-5-8-14-7-2-3-10-16(14)17/h2-11H,1H3. The molecule has 0 heteroatoms. The largest absolute Gasteiger partial charge is 0.0616 e. The van der Waals surface area contributed by atoms with Gasteiger partial charge >= 0.3 is 0 Å². The van der Waals surface area contributed by atoms with E-state index in [1.807, 2.05) is 0 Å². The Morgan fingerprint density at radius 3 is 2.41 bits per heavy atom. The second kappa shape index (κ2) is 4.06. The van der Waals surface area contributed by atoms with E-state index in [2.05, 4.69) is 73.7 Å². The van der Waals surface area contributed by atoms with Gasteiger partial charge in [0, 0.05) is 0 Å². The molecule has 0 unspecified atom stereocenters. The second-order valence-electron chi connectivity index (χ2n) is 4.27. The number of hydrogen-bond donors (Lipinski definition) is 0. The average Bonchev–Trinajstić information content (AvgIpc) is 2.38. The normalized spacial score (nSPS) is 10.6. The Bertz CT molecular complexity index is 660. The predicted molar refractivity (Wildman–Crippen MR) is 73.0 cm³/mol. The van der Waals surface area contributed by atoms with E-state index < -0.39 is 0 Å². The average molecular weight is 217 g/mol. The lowest BCUT2D eigenvalue weighted by Gasteiger charge is -2.06. The van der Waals surface area contributed by atoms with Crippen molar-refractivity contribution >= 4 is 10.8 Å². The molecule has 17 heavy (non-hydrogen) atoms. The topological polar surface area (TPSA) is 0 Å². The van der Waals surface area contributed by atoms with Crippen LogP contribution in [-0.4, -0.2) is 0 Å². The fourth-order valence-electron chi connectivity index (χ4n) is 2.20. The summed E-state index contributed by atoms with van der Waals surface area (Å²) >= 11 is 0. The van der Waals surface area contributed by atoms with Crippen LogP contribution in [0.25, 0.3) is 21.9 Å². The van der Waals surface area contributed by atoms with Crippen molar-refractivity contribution in [3.63, 3.8) is 0 Å². The van der Waals surface area contributed by atoms with Crippen molar-refractivity contribution in [2.45, 2.75) is 6.92 Å². The highest BCUT2D eigenvalue weighted by atomic mass is 14.1. The second-order valence-corrected chi connectivity index (χ2v) is 4.27. The zero-order valence-corrected chi connectivity index (χ0v) is 9.77. The minimum atomic E-state index is 1.17. The van der Waals surface area contributed by atoms with E-state index in [9.17, 15) is 0 Å². The SMILES string of the molecule is Cc1[c]c(-c2cccc3ccccc23)ccc1. The fourth-order valence-corrected chi connectivity index (χ4v) is 2.20. The molecule has 0 spiro atoms. The van der Waals surface area contributed by atoms with Gasteiger partial charge in [-0.25, -0.2) is 0 Å². The number of hydrogen-bond acceptors (Lipinski definition) is 0. The van der Waals surface area contributed by atoms with Gasteiger partial charge in [0.15, 0.2) is 0 Å². The predicted octanol–water partition coefficient (Wildman–Crippen LogP) is 4.62. The summed E-state index contributed by atoms with van der Waals surface area (Å²) in [6, 6.07) is 24.6. The molecule has 1 radical (unpaired) electrons. The Balaban J connectivity index is 2.30. The van der Waals surface area contributed by atoms with Crippen LogP contribution in [0.2, 0.25) is 0 Å². The number of aryl methyl sites for hydroxylation is 1. The Kier molecular flexibility index (Phi) is 2.41. The van der Waals surface area contributed by atoms with Gasteiger partial charge in [-0.15, -0.1) is 0 Å². The molecule has 0 bridgehead atoms. The van der Waals surface area contributed by atoms with Crippen molar-refractivity contribution in [3.8, 4) is 11.1 Å². The van der Waals surface area contributed by atoms with Crippen LogP contribution < -0.4 is 0 Å². The van der Waals surface area contributed by atoms with Gasteiger partial charge in [-0.3, -0.25) is 0 Å². The molecule has 0 heterocycles. The van der Waals surface area contributed by atoms with Gasteiger partial charge in [0.25, 0.3) is 0 Å². The van der Waals surface area contributed by atoms with E-state index in [1.165, 1.54) is 27.5 Å². The van der Waals surface area contributed by atoms with Gasteiger partial charge in [0.1, 0.15) is 0 Å². The molecule has 0 aromatic heterocycles. The summed E-state index contributed by atoms with van der Waals surface area (Å²) in [7, 11) is 0. The van der Waals surface area contributed by atoms with E-state index in [4.69, 9.17) is 0 Å². The zero-order valence-electron chi connectivity index (χ0n) is 9.77. The first-order valence-electron chi connectivity index (χ1n) is 5.82. The molecule has 0 atom stereocenters. The molecule has 3 aromatic rings. The van der Waals surface area contributed by atoms with Gasteiger partial charge < -0.3 is 0 Å². The molecule has 0 nitrogen and oxygen atoms in total. The van der Waals surface area contributed by atoms with Crippen molar-refractivity contribution < 1.29 is 0 Å². The van der Waals surface area contributed by atoms with Gasteiger partial charge in [0.2, 0.25) is 0 Å². The lowest BCUT2D eigenvalue weighted by Crippen LogP contribution is -1.82. The van der Waals surface area contributed by atoms with Gasteiger partial charge in [0.05, 0.1) is 0 Å². The van der Waals surface area contributed by atoms with Crippen molar-refractivity contribution in [2.24, 2.45) is 0 Å². The van der Waals surface area contributed by atoms with Crippen LogP contribution >= 0.6 is 0 Å². The highest BCUT2D eigenvalue weighted by Gasteiger charge is 2.02. The highest BCUT2D eigenvalue weighted by Crippen LogP contribution is 2.28. The summed E-state index contributed by atoms with van der Waals surface area (Å²) in [4.78, 5) is 0. The third-order valence-corrected chi connectivity index (χ3v) is 3.02. The van der Waals surface area contributed by atoms with Crippen molar-refractivity contribution in [3.05, 3.63) is 72.3 Å². The number of fused-ring (bicyclic) bond motifs is 1. The first kappa shape index (κ1) is 10.1. The smallest absolute Gasteiger partial charge is 0.00670 e. The highest BCUT2D eigenvalue weighted by molar-refractivity contribution is 5.96. The van der Waals surface area contributed by atoms with Gasteiger partial charge in [-0.05, 0) is 40.5 Å². The minimum absolute atomic E-state index is 1.17. The van der Waals surface area contributed by atoms with Crippen LogP contribution in [-0.2, 0) is 0 Å². The van der Waals surface area contributed by atoms with Crippen molar-refractivity contribution in [1.82, 2.24) is 0 Å². The molecule has 3 rings (SSSR count). The number of benzene rings is 3. The molecular formula is C17H13. The first-order valence-corrected chi connectivity index (χ1v) is 5.82. The molecule has 0 amide bonds. The molecule has 81 valence electrons. The number of rotatable bonds is 1. The summed E-state index contributed by atoms with van der Waals surface area (Å²) in [5.74, 6) is 0. The lowest BCUT2D eigenvalue weighted by molar-refractivity contribution is 1.46. The zero-order chi connectivity index (χ0) is 11.7. The van der Waals surface area contributed by atoms with Crippen LogP contribution in [0.1, 0.15) is 5.56 Å². The third kappa shape index (κ3) is 1.83. The van der Waals surface area contributed by atoms with Gasteiger partial charge in [-0.1, -0.05) is 60.7 Å². The third-order valence-electron chi connectivity index (χ3n) is 3.02. The molecule has 0 aliphatic carbocycles. The molecule has 0 saturated heterocycles. The maximum atomic E-state index is 3.42. The summed E-state index contributed by atoms with van der Waals surface area (Å²) in [5.41, 5.74) is 3.60. The monoisotopic (exact) mass is 217 g/mol. The molecule has 0 N–H and O–H groups in total. The Morgan fingerprint density at radius 1 is 0.765 bits per heavy atom. The molecule has 0 fully saturated rings. The van der Waals surface area contributed by atoms with Crippen LogP contribution in [0.15, 0.2) is 60.7 Å². The van der Waals surface area contributed by atoms with Crippen LogP contribution in [0.4, 0.5) is 0 Å². The van der Waals surface area contributed by atoms with E-state index in [0.717, 1.165) is 0 Å². The van der Waals surface area contributed by atoms with E-state index in [0.29, 0.717) is 0 Å². The molecule has 0 aliphatic rings. The Labute approximate surface area is 102 Å². The van der Waals surface area contributed by atoms with Crippen LogP contribution in [0.5, 0.6) is 0 Å². The summed E-state index contributed by atoms with van der Waals surface area (Å²) in [6.45, 7) is 2.08. The van der Waals surface area contributed by atoms with E-state index in [1.54, 1.807) is 0 Å². The van der Waals surface area contributed by atoms with Crippen LogP contribution in [0, 0.1) is 13.0 Å². The summed E-state index contributed by atoms with van der Waals surface area (Å²) < 4.78 is 0. The van der Waals surface area contributed by atoms with Crippen molar-refractivity contribution in [2.75, 3.05) is 0 Å². The Morgan fingerprint density at radius 2 is 1.53 bits per heavy atom. The summed E-state index contributed by atoms with van der Waals surface area (Å²) in [6.07, 6.45) is 0. The maximum absolute atomic E-state index is 3.42. The van der Waals surface area contributed by atoms with E-state index in [-0.39, 0.29) is 0 Å². The first-order chi connectivity index (χ1) is 8.34. The minimum Gasteiger partial charge on any atom is -0.0616 e. The molecule has 3 aromatic carbocycles. The van der Waals surface area contributed by atoms with Crippen molar-refractivity contribution in [1.29, 1.82) is 0 Å². The quantitative estimate of drug-likeness (QED) is 0.558. The molecule has 0 saturated carbocycles. The Hall–Kier alpha value is -2.08. The molecular weight excluding hydrogens is 204 g/mol. The molecule has 0 aliphatic heterocycles.